The Bertz CT molecular complexity index is 517. The molecule has 0 spiro atoms. The number of esters is 1. The number of aliphatic hydroxyl groups excluding tert-OH is 1. The van der Waals surface area contributed by atoms with E-state index in [0.717, 1.165) is 42.9 Å². The highest BCUT2D eigenvalue weighted by atomic mass is 16.5. The van der Waals surface area contributed by atoms with Gasteiger partial charge in [-0.25, -0.2) is 0 Å². The fourth-order valence-electron chi connectivity index (χ4n) is 7.58. The van der Waals surface area contributed by atoms with Gasteiger partial charge in [0.25, 0.3) is 0 Å². The first-order valence-electron chi connectivity index (χ1n) is 10.2. The van der Waals surface area contributed by atoms with Crippen molar-refractivity contribution in [2.45, 2.75) is 90.8 Å². The molecular formula is C21H34O3. The Morgan fingerprint density at radius 3 is 2.42 bits per heavy atom. The van der Waals surface area contributed by atoms with Gasteiger partial charge in [-0.3, -0.25) is 4.79 Å². The van der Waals surface area contributed by atoms with Crippen LogP contribution in [0.4, 0.5) is 0 Å². The molecule has 1 N–H and O–H groups in total. The summed E-state index contributed by atoms with van der Waals surface area (Å²) in [6, 6.07) is 0. The second-order valence-corrected chi connectivity index (χ2v) is 9.81. The van der Waals surface area contributed by atoms with Crippen LogP contribution in [0, 0.1) is 34.5 Å². The smallest absolute Gasteiger partial charge is 0.302 e. The Hall–Kier alpha value is -0.570. The molecule has 0 aromatic carbocycles. The Morgan fingerprint density at radius 1 is 0.958 bits per heavy atom. The van der Waals surface area contributed by atoms with E-state index in [2.05, 4.69) is 13.8 Å². The minimum atomic E-state index is -0.110. The molecule has 3 heteroatoms. The molecule has 0 aromatic heterocycles. The lowest BCUT2D eigenvalue weighted by Crippen LogP contribution is -2.54. The SMILES string of the molecule is CC(=O)OC1CC[C@H]2[C@@H]3CC[C@H]4CC(O)CC[C@]4(C)[C@H]3CC[C@]12C. The maximum absolute atomic E-state index is 11.5. The molecule has 0 bridgehead atoms. The van der Waals surface area contributed by atoms with E-state index in [1.54, 1.807) is 6.92 Å². The van der Waals surface area contributed by atoms with Crippen molar-refractivity contribution >= 4 is 5.97 Å². The zero-order chi connectivity index (χ0) is 17.1. The molecule has 2 unspecified atom stereocenters. The van der Waals surface area contributed by atoms with Crippen LogP contribution >= 0.6 is 0 Å². The summed E-state index contributed by atoms with van der Waals surface area (Å²) in [4.78, 5) is 11.5. The molecule has 0 heterocycles. The zero-order valence-electron chi connectivity index (χ0n) is 15.6. The molecule has 0 saturated heterocycles. The van der Waals surface area contributed by atoms with E-state index in [4.69, 9.17) is 4.74 Å². The molecule has 136 valence electrons. The van der Waals surface area contributed by atoms with Crippen LogP contribution in [0.1, 0.15) is 78.6 Å². The first-order chi connectivity index (χ1) is 11.3. The van der Waals surface area contributed by atoms with Crippen molar-refractivity contribution in [2.75, 3.05) is 0 Å². The largest absolute Gasteiger partial charge is 0.462 e. The molecule has 3 nitrogen and oxygen atoms in total. The molecule has 24 heavy (non-hydrogen) atoms. The average molecular weight is 335 g/mol. The molecule has 0 aromatic rings. The second kappa shape index (κ2) is 5.72. The molecule has 4 saturated carbocycles. The van der Waals surface area contributed by atoms with E-state index in [9.17, 15) is 9.90 Å². The summed E-state index contributed by atoms with van der Waals surface area (Å²) in [5.74, 6) is 2.96. The van der Waals surface area contributed by atoms with E-state index in [0.29, 0.717) is 5.41 Å². The fourth-order valence-corrected chi connectivity index (χ4v) is 7.58. The fraction of sp³-hybridized carbons (Fsp3) is 0.952. The number of hydrogen-bond acceptors (Lipinski definition) is 3. The van der Waals surface area contributed by atoms with Gasteiger partial charge in [-0.1, -0.05) is 13.8 Å². The van der Waals surface area contributed by atoms with Gasteiger partial charge in [0, 0.05) is 12.3 Å². The lowest BCUT2D eigenvalue weighted by atomic mass is 9.45. The van der Waals surface area contributed by atoms with Crippen LogP contribution in [0.3, 0.4) is 0 Å². The van der Waals surface area contributed by atoms with Crippen molar-refractivity contribution < 1.29 is 14.6 Å². The van der Waals surface area contributed by atoms with Gasteiger partial charge in [-0.2, -0.15) is 0 Å². The van der Waals surface area contributed by atoms with Crippen LogP contribution in [0.2, 0.25) is 0 Å². The van der Waals surface area contributed by atoms with Crippen LogP contribution in [-0.4, -0.2) is 23.3 Å². The van der Waals surface area contributed by atoms with Crippen LogP contribution in [0.15, 0.2) is 0 Å². The number of fused-ring (bicyclic) bond motifs is 5. The molecule has 4 fully saturated rings. The zero-order valence-corrected chi connectivity index (χ0v) is 15.6. The van der Waals surface area contributed by atoms with Crippen LogP contribution in [-0.2, 0) is 9.53 Å². The normalized spacial score (nSPS) is 53.7. The van der Waals surface area contributed by atoms with E-state index in [1.165, 1.54) is 38.5 Å². The van der Waals surface area contributed by atoms with Crippen LogP contribution in [0.25, 0.3) is 0 Å². The number of rotatable bonds is 1. The van der Waals surface area contributed by atoms with Gasteiger partial charge in [0.15, 0.2) is 0 Å². The van der Waals surface area contributed by atoms with Gasteiger partial charge in [-0.05, 0) is 86.9 Å². The third-order valence-corrected chi connectivity index (χ3v) is 8.86. The topological polar surface area (TPSA) is 46.5 Å². The number of carbonyl (C=O) groups is 1. The summed E-state index contributed by atoms with van der Waals surface area (Å²) in [7, 11) is 0. The van der Waals surface area contributed by atoms with Crippen molar-refractivity contribution in [2.24, 2.45) is 34.5 Å². The summed E-state index contributed by atoms with van der Waals surface area (Å²) < 4.78 is 5.74. The average Bonchev–Trinajstić information content (AvgIpc) is 2.84. The van der Waals surface area contributed by atoms with Crippen LogP contribution < -0.4 is 0 Å². The first-order valence-corrected chi connectivity index (χ1v) is 10.2. The van der Waals surface area contributed by atoms with E-state index >= 15 is 0 Å². The summed E-state index contributed by atoms with van der Waals surface area (Å²) in [6.45, 7) is 6.48. The molecule has 4 aliphatic rings. The van der Waals surface area contributed by atoms with Crippen molar-refractivity contribution in [1.82, 2.24) is 0 Å². The van der Waals surface area contributed by atoms with Crippen molar-refractivity contribution in [3.63, 3.8) is 0 Å². The highest BCUT2D eigenvalue weighted by Crippen LogP contribution is 2.66. The molecule has 8 atom stereocenters. The Balaban J connectivity index is 1.57. The van der Waals surface area contributed by atoms with Crippen molar-refractivity contribution in [3.05, 3.63) is 0 Å². The molecule has 0 aliphatic heterocycles. The van der Waals surface area contributed by atoms with E-state index < -0.39 is 0 Å². The third kappa shape index (κ3) is 2.37. The van der Waals surface area contributed by atoms with Gasteiger partial charge >= 0.3 is 5.97 Å². The maximum atomic E-state index is 11.5. The van der Waals surface area contributed by atoms with E-state index in [1.807, 2.05) is 0 Å². The minimum Gasteiger partial charge on any atom is -0.462 e. The molecule has 4 rings (SSSR count). The molecule has 0 amide bonds. The van der Waals surface area contributed by atoms with Crippen molar-refractivity contribution in [1.29, 1.82) is 0 Å². The van der Waals surface area contributed by atoms with E-state index in [-0.39, 0.29) is 23.6 Å². The predicted octanol–water partition coefficient (Wildman–Crippen LogP) is 4.32. The number of hydrogen-bond donors (Lipinski definition) is 1. The Labute approximate surface area is 146 Å². The summed E-state index contributed by atoms with van der Waals surface area (Å²) in [6.07, 6.45) is 10.7. The quantitative estimate of drug-likeness (QED) is 0.726. The minimum absolute atomic E-state index is 0.0618. The van der Waals surface area contributed by atoms with Gasteiger partial charge < -0.3 is 9.84 Å². The number of ether oxygens (including phenoxy) is 1. The third-order valence-electron chi connectivity index (χ3n) is 8.86. The standard InChI is InChI=1S/C21H34O3/c1-13(22)24-19-7-6-17-16-5-4-14-12-15(23)8-10-20(14,2)18(16)9-11-21(17,19)3/h14-19,23H,4-12H2,1-3H3/t14-,15?,16-,17-,18-,19?,20-,21-/m0/s1. The highest BCUT2D eigenvalue weighted by Gasteiger charge is 2.60. The number of aliphatic hydroxyl groups is 1. The van der Waals surface area contributed by atoms with Crippen molar-refractivity contribution in [3.8, 4) is 0 Å². The lowest BCUT2D eigenvalue weighted by Gasteiger charge is -2.60. The highest BCUT2D eigenvalue weighted by molar-refractivity contribution is 5.66. The summed E-state index contributed by atoms with van der Waals surface area (Å²) in [5.41, 5.74) is 0.632. The van der Waals surface area contributed by atoms with Gasteiger partial charge in [0.05, 0.1) is 6.10 Å². The van der Waals surface area contributed by atoms with Gasteiger partial charge in [0.2, 0.25) is 0 Å². The van der Waals surface area contributed by atoms with Crippen LogP contribution in [0.5, 0.6) is 0 Å². The molecule has 0 radical (unpaired) electrons. The Morgan fingerprint density at radius 2 is 1.67 bits per heavy atom. The summed E-state index contributed by atoms with van der Waals surface area (Å²) in [5, 5.41) is 10.1. The van der Waals surface area contributed by atoms with Gasteiger partial charge in [0.1, 0.15) is 6.10 Å². The first kappa shape index (κ1) is 16.9. The summed E-state index contributed by atoms with van der Waals surface area (Å²) >= 11 is 0. The Kier molecular flexibility index (Phi) is 4.02. The lowest BCUT2D eigenvalue weighted by molar-refractivity contribution is -0.163. The second-order valence-electron chi connectivity index (χ2n) is 9.81. The number of carbonyl (C=O) groups excluding carboxylic acids is 1. The predicted molar refractivity (Wildman–Crippen MR) is 93.3 cm³/mol. The maximum Gasteiger partial charge on any atom is 0.302 e. The molecule has 4 aliphatic carbocycles. The van der Waals surface area contributed by atoms with Gasteiger partial charge in [-0.15, -0.1) is 0 Å². The monoisotopic (exact) mass is 334 g/mol. The molecular weight excluding hydrogens is 300 g/mol.